The third-order valence-electron chi connectivity index (χ3n) is 5.66. The highest BCUT2D eigenvalue weighted by atomic mass is 32.2. The number of nitrogens with zero attached hydrogens (tertiary/aromatic N) is 3. The monoisotopic (exact) mass is 503 g/mol. The second kappa shape index (κ2) is 9.79. The standard InChI is InChI=1S/C23H25N3O6S2/c1-25(17-7-8-17)34(29,30)18-9-4-15(5-10-18)21(27)24-23-26(12-13-31-2)19-11-6-16(22(28)32-3)14-20(19)33-23/h4-6,9-11,14,17H,7-8,12-13H2,1-3H3. The Morgan fingerprint density at radius 3 is 2.41 bits per heavy atom. The second-order valence-corrected chi connectivity index (χ2v) is 10.9. The van der Waals surface area contributed by atoms with Gasteiger partial charge < -0.3 is 14.0 Å². The lowest BCUT2D eigenvalue weighted by molar-refractivity contribution is 0.0600. The van der Waals surface area contributed by atoms with Crippen molar-refractivity contribution in [2.75, 3.05) is 27.9 Å². The Labute approximate surface area is 201 Å². The smallest absolute Gasteiger partial charge is 0.337 e. The quantitative estimate of drug-likeness (QED) is 0.438. The first-order valence-electron chi connectivity index (χ1n) is 10.6. The average Bonchev–Trinajstić information content (AvgIpc) is 3.64. The molecule has 34 heavy (non-hydrogen) atoms. The molecular weight excluding hydrogens is 478 g/mol. The van der Waals surface area contributed by atoms with E-state index in [-0.39, 0.29) is 16.5 Å². The Balaban J connectivity index is 1.68. The van der Waals surface area contributed by atoms with Crippen LogP contribution in [0.3, 0.4) is 0 Å². The molecule has 0 atom stereocenters. The topological polar surface area (TPSA) is 107 Å². The molecule has 1 aromatic heterocycles. The molecule has 0 bridgehead atoms. The van der Waals surface area contributed by atoms with Crippen LogP contribution in [0, 0.1) is 0 Å². The van der Waals surface area contributed by atoms with E-state index in [2.05, 4.69) is 4.99 Å². The van der Waals surface area contributed by atoms with Gasteiger partial charge in [-0.3, -0.25) is 4.79 Å². The number of ether oxygens (including phenoxy) is 2. The highest BCUT2D eigenvalue weighted by molar-refractivity contribution is 7.89. The number of carbonyl (C=O) groups is 2. The van der Waals surface area contributed by atoms with Gasteiger partial charge in [-0.05, 0) is 55.3 Å². The zero-order valence-corrected chi connectivity index (χ0v) is 20.7. The maximum absolute atomic E-state index is 12.9. The second-order valence-electron chi connectivity index (χ2n) is 7.90. The Kier molecular flexibility index (Phi) is 6.99. The van der Waals surface area contributed by atoms with Crippen LogP contribution in [0.1, 0.15) is 33.6 Å². The van der Waals surface area contributed by atoms with Crippen molar-refractivity contribution < 1.29 is 27.5 Å². The van der Waals surface area contributed by atoms with Gasteiger partial charge in [0.05, 0.1) is 34.4 Å². The van der Waals surface area contributed by atoms with E-state index in [1.165, 1.54) is 47.0 Å². The van der Waals surface area contributed by atoms with Crippen LogP contribution in [-0.2, 0) is 26.0 Å². The van der Waals surface area contributed by atoms with Crippen LogP contribution in [0.2, 0.25) is 0 Å². The van der Waals surface area contributed by atoms with Crippen molar-refractivity contribution in [2.24, 2.45) is 4.99 Å². The van der Waals surface area contributed by atoms with Crippen molar-refractivity contribution in [1.29, 1.82) is 0 Å². The van der Waals surface area contributed by atoms with Gasteiger partial charge in [0.25, 0.3) is 5.91 Å². The third-order valence-corrected chi connectivity index (χ3v) is 8.62. The number of amides is 1. The normalized spacial score (nSPS) is 14.6. The lowest BCUT2D eigenvalue weighted by atomic mass is 10.2. The number of benzene rings is 2. The summed E-state index contributed by atoms with van der Waals surface area (Å²) in [6.45, 7) is 0.873. The zero-order valence-electron chi connectivity index (χ0n) is 19.1. The summed E-state index contributed by atoms with van der Waals surface area (Å²) in [5, 5.41) is 0. The summed E-state index contributed by atoms with van der Waals surface area (Å²) in [7, 11) is 0.895. The molecule has 1 fully saturated rings. The summed E-state index contributed by atoms with van der Waals surface area (Å²) in [6.07, 6.45) is 1.73. The molecule has 1 aliphatic rings. The number of sulfonamides is 1. The lowest BCUT2D eigenvalue weighted by Crippen LogP contribution is -2.28. The number of carbonyl (C=O) groups excluding carboxylic acids is 2. The predicted octanol–water partition coefficient (Wildman–Crippen LogP) is 2.66. The molecule has 1 saturated carbocycles. The molecule has 3 aromatic rings. The minimum absolute atomic E-state index is 0.0523. The largest absolute Gasteiger partial charge is 0.465 e. The maximum atomic E-state index is 12.9. The molecule has 1 aliphatic carbocycles. The van der Waals surface area contributed by atoms with Crippen LogP contribution in [0.15, 0.2) is 52.4 Å². The van der Waals surface area contributed by atoms with Gasteiger partial charge in [0, 0.05) is 32.3 Å². The van der Waals surface area contributed by atoms with Crippen molar-refractivity contribution in [2.45, 2.75) is 30.3 Å². The highest BCUT2D eigenvalue weighted by Crippen LogP contribution is 2.30. The van der Waals surface area contributed by atoms with E-state index in [4.69, 9.17) is 9.47 Å². The molecule has 0 unspecified atom stereocenters. The maximum Gasteiger partial charge on any atom is 0.337 e. The minimum atomic E-state index is -3.59. The van der Waals surface area contributed by atoms with E-state index >= 15 is 0 Å². The average molecular weight is 504 g/mol. The van der Waals surface area contributed by atoms with E-state index in [0.717, 1.165) is 23.1 Å². The summed E-state index contributed by atoms with van der Waals surface area (Å²) < 4.78 is 39.4. The Bertz CT molecular complexity index is 1400. The molecule has 4 rings (SSSR count). The van der Waals surface area contributed by atoms with Gasteiger partial charge in [0.2, 0.25) is 10.0 Å². The molecule has 2 aromatic carbocycles. The number of rotatable bonds is 8. The van der Waals surface area contributed by atoms with Crippen LogP contribution in [0.25, 0.3) is 10.2 Å². The van der Waals surface area contributed by atoms with E-state index in [9.17, 15) is 18.0 Å². The summed E-state index contributed by atoms with van der Waals surface area (Å²) in [6, 6.07) is 11.0. The fourth-order valence-corrected chi connectivity index (χ4v) is 6.03. The van der Waals surface area contributed by atoms with Crippen LogP contribution in [0.5, 0.6) is 0 Å². The first kappa shape index (κ1) is 24.3. The Morgan fingerprint density at radius 2 is 1.79 bits per heavy atom. The fraction of sp³-hybridized carbons (Fsp3) is 0.348. The van der Waals surface area contributed by atoms with Crippen molar-refractivity contribution in [3.63, 3.8) is 0 Å². The number of esters is 1. The molecule has 0 spiro atoms. The predicted molar refractivity (Wildman–Crippen MR) is 127 cm³/mol. The Morgan fingerprint density at radius 1 is 1.12 bits per heavy atom. The number of aromatic nitrogens is 1. The van der Waals surface area contributed by atoms with Gasteiger partial charge in [-0.15, -0.1) is 0 Å². The van der Waals surface area contributed by atoms with Gasteiger partial charge in [-0.1, -0.05) is 11.3 Å². The number of thiazole rings is 1. The minimum Gasteiger partial charge on any atom is -0.465 e. The molecule has 1 heterocycles. The summed E-state index contributed by atoms with van der Waals surface area (Å²) in [4.78, 5) is 29.7. The molecule has 180 valence electrons. The Hall–Kier alpha value is -2.86. The van der Waals surface area contributed by atoms with E-state index in [1.807, 2.05) is 4.57 Å². The summed E-state index contributed by atoms with van der Waals surface area (Å²) >= 11 is 1.27. The SMILES string of the molecule is COCCn1c(=NC(=O)c2ccc(S(=O)(=O)N(C)C3CC3)cc2)sc2cc(C(=O)OC)ccc21. The highest BCUT2D eigenvalue weighted by Gasteiger charge is 2.35. The van der Waals surface area contributed by atoms with Crippen LogP contribution in [0.4, 0.5) is 0 Å². The number of methoxy groups -OCH3 is 2. The zero-order chi connectivity index (χ0) is 24.5. The van der Waals surface area contributed by atoms with Crippen molar-refractivity contribution in [3.05, 3.63) is 58.4 Å². The molecule has 0 saturated heterocycles. The first-order valence-corrected chi connectivity index (χ1v) is 12.9. The molecule has 9 nitrogen and oxygen atoms in total. The summed E-state index contributed by atoms with van der Waals surface area (Å²) in [5.74, 6) is -0.943. The number of hydrogen-bond donors (Lipinski definition) is 0. The molecule has 11 heteroatoms. The van der Waals surface area contributed by atoms with Crippen LogP contribution < -0.4 is 4.80 Å². The summed E-state index contributed by atoms with van der Waals surface area (Å²) in [5.41, 5.74) is 1.49. The van der Waals surface area contributed by atoms with Gasteiger partial charge >= 0.3 is 5.97 Å². The van der Waals surface area contributed by atoms with E-state index in [1.54, 1.807) is 32.4 Å². The van der Waals surface area contributed by atoms with Crippen LogP contribution >= 0.6 is 11.3 Å². The molecular formula is C23H25N3O6S2. The van der Waals surface area contributed by atoms with E-state index in [0.29, 0.717) is 23.5 Å². The van der Waals surface area contributed by atoms with Crippen molar-refractivity contribution in [1.82, 2.24) is 8.87 Å². The molecule has 0 radical (unpaired) electrons. The fourth-order valence-electron chi connectivity index (χ4n) is 3.52. The van der Waals surface area contributed by atoms with Crippen molar-refractivity contribution in [3.8, 4) is 0 Å². The molecule has 0 N–H and O–H groups in total. The first-order chi connectivity index (χ1) is 16.3. The molecule has 1 amide bonds. The number of hydrogen-bond acceptors (Lipinski definition) is 7. The van der Waals surface area contributed by atoms with Gasteiger partial charge in [0.1, 0.15) is 0 Å². The van der Waals surface area contributed by atoms with Gasteiger partial charge in [-0.2, -0.15) is 9.30 Å². The van der Waals surface area contributed by atoms with E-state index < -0.39 is 21.9 Å². The molecule has 0 aliphatic heterocycles. The lowest BCUT2D eigenvalue weighted by Gasteiger charge is -2.16. The number of fused-ring (bicyclic) bond motifs is 1. The van der Waals surface area contributed by atoms with Gasteiger partial charge in [-0.25, -0.2) is 13.2 Å². The van der Waals surface area contributed by atoms with Crippen molar-refractivity contribution >= 4 is 43.5 Å². The van der Waals surface area contributed by atoms with Gasteiger partial charge in [0.15, 0.2) is 4.80 Å². The third kappa shape index (κ3) is 4.83. The van der Waals surface area contributed by atoms with Crippen LogP contribution in [-0.4, -0.2) is 63.1 Å².